The highest BCUT2D eigenvalue weighted by Gasteiger charge is 2.61. The Bertz CT molecular complexity index is 621. The number of nitrogens with zero attached hydrogens (tertiary/aromatic N) is 1. The monoisotopic (exact) mass is 318 g/mol. The molecule has 2 aliphatic heterocycles. The number of hydrogen-bond donors (Lipinski definition) is 3. The van der Waals surface area contributed by atoms with E-state index in [9.17, 15) is 4.79 Å². The summed E-state index contributed by atoms with van der Waals surface area (Å²) in [5, 5.41) is 6.16. The summed E-state index contributed by atoms with van der Waals surface area (Å²) >= 11 is 0. The number of rotatable bonds is 4. The quantitative estimate of drug-likeness (QED) is 0.793. The molecule has 1 aromatic carbocycles. The standard InChI is InChI=1S/C17H26N4O2/c1-4-16-9-10-21(6-3)17(16,18)20-14-8-7-12(11-13(14)16)23-15(22)19-5-2/h7-8,11,20H,4-6,9-10,18H2,1-3H3,(H,19,22)/t16?,17-/m1/s1. The molecule has 0 aromatic heterocycles. The lowest BCUT2D eigenvalue weighted by atomic mass is 9.74. The average Bonchev–Trinajstić information content (AvgIpc) is 2.94. The molecular weight excluding hydrogens is 292 g/mol. The molecule has 0 radical (unpaired) electrons. The number of fused-ring (bicyclic) bond motifs is 3. The highest BCUT2D eigenvalue weighted by Crippen LogP contribution is 2.55. The van der Waals surface area contributed by atoms with E-state index in [1.54, 1.807) is 0 Å². The fourth-order valence-corrected chi connectivity index (χ4v) is 4.16. The molecule has 0 bridgehead atoms. The van der Waals surface area contributed by atoms with Crippen LogP contribution >= 0.6 is 0 Å². The van der Waals surface area contributed by atoms with Gasteiger partial charge >= 0.3 is 6.09 Å². The van der Waals surface area contributed by atoms with E-state index in [1.807, 2.05) is 25.1 Å². The van der Waals surface area contributed by atoms with Crippen molar-refractivity contribution in [2.24, 2.45) is 5.73 Å². The lowest BCUT2D eigenvalue weighted by Gasteiger charge is -2.41. The Morgan fingerprint density at radius 3 is 2.87 bits per heavy atom. The molecule has 0 spiro atoms. The number of benzene rings is 1. The zero-order valence-electron chi connectivity index (χ0n) is 14.1. The lowest BCUT2D eigenvalue weighted by molar-refractivity contribution is 0.127. The summed E-state index contributed by atoms with van der Waals surface area (Å²) in [6.07, 6.45) is 1.51. The van der Waals surface area contributed by atoms with Gasteiger partial charge in [-0.3, -0.25) is 10.6 Å². The Labute approximate surface area is 137 Å². The van der Waals surface area contributed by atoms with Crippen LogP contribution in [0.25, 0.3) is 0 Å². The number of likely N-dealkylation sites (tertiary alicyclic amines) is 1. The van der Waals surface area contributed by atoms with Crippen LogP contribution < -0.4 is 21.1 Å². The first-order chi connectivity index (χ1) is 11.0. The van der Waals surface area contributed by atoms with Crippen molar-refractivity contribution in [2.45, 2.75) is 44.8 Å². The van der Waals surface area contributed by atoms with Crippen molar-refractivity contribution in [1.29, 1.82) is 0 Å². The normalized spacial score (nSPS) is 28.9. The minimum absolute atomic E-state index is 0.154. The third-order valence-corrected chi connectivity index (χ3v) is 5.39. The zero-order chi connectivity index (χ0) is 16.7. The van der Waals surface area contributed by atoms with Gasteiger partial charge in [0.15, 0.2) is 5.79 Å². The Morgan fingerprint density at radius 2 is 2.22 bits per heavy atom. The maximum atomic E-state index is 11.7. The second-order valence-corrected chi connectivity index (χ2v) is 6.28. The van der Waals surface area contributed by atoms with Crippen LogP contribution in [-0.2, 0) is 5.41 Å². The van der Waals surface area contributed by atoms with Crippen LogP contribution in [0, 0.1) is 0 Å². The second kappa shape index (κ2) is 5.69. The molecule has 2 heterocycles. The van der Waals surface area contributed by atoms with Gasteiger partial charge in [-0.25, -0.2) is 4.79 Å². The molecule has 6 heteroatoms. The summed E-state index contributed by atoms with van der Waals surface area (Å²) in [6.45, 7) is 8.59. The molecule has 4 N–H and O–H groups in total. The number of hydrogen-bond acceptors (Lipinski definition) is 5. The molecule has 1 amide bonds. The van der Waals surface area contributed by atoms with Crippen LogP contribution in [0.4, 0.5) is 10.5 Å². The SMILES string of the molecule is CCNC(=O)Oc1ccc2c(c1)C1(CC)CCN(CC)[C@]1(N)N2. The van der Waals surface area contributed by atoms with E-state index in [0.717, 1.165) is 37.2 Å². The molecule has 1 saturated heterocycles. The first-order valence-corrected chi connectivity index (χ1v) is 8.43. The van der Waals surface area contributed by atoms with E-state index in [-0.39, 0.29) is 5.41 Å². The van der Waals surface area contributed by atoms with Gasteiger partial charge in [0.05, 0.1) is 0 Å². The van der Waals surface area contributed by atoms with E-state index < -0.39 is 11.9 Å². The lowest BCUT2D eigenvalue weighted by Crippen LogP contribution is -2.64. The van der Waals surface area contributed by atoms with Gasteiger partial charge in [0, 0.05) is 24.2 Å². The number of likely N-dealkylation sites (N-methyl/N-ethyl adjacent to an activating group) is 1. The van der Waals surface area contributed by atoms with E-state index in [2.05, 4.69) is 29.4 Å². The molecule has 23 heavy (non-hydrogen) atoms. The summed E-state index contributed by atoms with van der Waals surface area (Å²) in [5.41, 5.74) is 8.85. The summed E-state index contributed by atoms with van der Waals surface area (Å²) < 4.78 is 5.37. The molecule has 0 aliphatic carbocycles. The number of ether oxygens (including phenoxy) is 1. The third-order valence-electron chi connectivity index (χ3n) is 5.39. The first kappa shape index (κ1) is 16.1. The Morgan fingerprint density at radius 1 is 1.43 bits per heavy atom. The Kier molecular flexibility index (Phi) is 3.98. The number of nitrogens with two attached hydrogens (primary N) is 1. The van der Waals surface area contributed by atoms with Crippen molar-refractivity contribution in [2.75, 3.05) is 25.0 Å². The topological polar surface area (TPSA) is 79.6 Å². The van der Waals surface area contributed by atoms with Gasteiger partial charge < -0.3 is 15.4 Å². The molecular formula is C17H26N4O2. The van der Waals surface area contributed by atoms with E-state index in [1.165, 1.54) is 0 Å². The molecule has 1 aromatic rings. The first-order valence-electron chi connectivity index (χ1n) is 8.43. The highest BCUT2D eigenvalue weighted by atomic mass is 16.6. The number of carbonyl (C=O) groups is 1. The van der Waals surface area contributed by atoms with Crippen LogP contribution in [-0.4, -0.2) is 36.4 Å². The largest absolute Gasteiger partial charge is 0.412 e. The van der Waals surface area contributed by atoms with E-state index in [4.69, 9.17) is 10.5 Å². The number of carbonyl (C=O) groups excluding carboxylic acids is 1. The molecule has 3 rings (SSSR count). The van der Waals surface area contributed by atoms with Gasteiger partial charge in [-0.05, 0) is 50.1 Å². The van der Waals surface area contributed by atoms with Gasteiger partial charge in [0.25, 0.3) is 0 Å². The molecule has 2 atom stereocenters. The maximum absolute atomic E-state index is 11.7. The summed E-state index contributed by atoms with van der Waals surface area (Å²) in [7, 11) is 0. The van der Waals surface area contributed by atoms with Crippen molar-refractivity contribution >= 4 is 11.8 Å². The maximum Gasteiger partial charge on any atom is 0.412 e. The van der Waals surface area contributed by atoms with Crippen LogP contribution in [0.2, 0.25) is 0 Å². The predicted octanol–water partition coefficient (Wildman–Crippen LogP) is 2.21. The molecule has 6 nitrogen and oxygen atoms in total. The van der Waals surface area contributed by atoms with Crippen molar-refractivity contribution in [3.63, 3.8) is 0 Å². The van der Waals surface area contributed by atoms with Gasteiger partial charge in [-0.2, -0.15) is 0 Å². The smallest absolute Gasteiger partial charge is 0.410 e. The summed E-state index contributed by atoms with van der Waals surface area (Å²) in [6, 6.07) is 5.74. The van der Waals surface area contributed by atoms with Crippen LogP contribution in [0.5, 0.6) is 5.75 Å². The Balaban J connectivity index is 1.97. The second-order valence-electron chi connectivity index (χ2n) is 6.28. The van der Waals surface area contributed by atoms with Gasteiger partial charge in [0.2, 0.25) is 0 Å². The minimum Gasteiger partial charge on any atom is -0.410 e. The average molecular weight is 318 g/mol. The molecule has 126 valence electrons. The van der Waals surface area contributed by atoms with E-state index in [0.29, 0.717) is 12.3 Å². The highest BCUT2D eigenvalue weighted by molar-refractivity contribution is 5.72. The minimum atomic E-state index is -0.566. The number of anilines is 1. The molecule has 0 saturated carbocycles. The third kappa shape index (κ3) is 2.20. The molecule has 1 fully saturated rings. The Hall–Kier alpha value is -1.79. The van der Waals surface area contributed by atoms with Crippen molar-refractivity contribution in [3.05, 3.63) is 23.8 Å². The van der Waals surface area contributed by atoms with Gasteiger partial charge in [-0.1, -0.05) is 13.8 Å². The predicted molar refractivity (Wildman–Crippen MR) is 90.5 cm³/mol. The number of nitrogens with one attached hydrogen (secondary N) is 2. The summed E-state index contributed by atoms with van der Waals surface area (Å²) in [4.78, 5) is 14.0. The fraction of sp³-hybridized carbons (Fsp3) is 0.588. The van der Waals surface area contributed by atoms with E-state index >= 15 is 0 Å². The fourth-order valence-electron chi connectivity index (χ4n) is 4.16. The van der Waals surface area contributed by atoms with Gasteiger partial charge in [-0.15, -0.1) is 0 Å². The zero-order valence-corrected chi connectivity index (χ0v) is 14.1. The van der Waals surface area contributed by atoms with Crippen LogP contribution in [0.3, 0.4) is 0 Å². The van der Waals surface area contributed by atoms with Crippen LogP contribution in [0.15, 0.2) is 18.2 Å². The summed E-state index contributed by atoms with van der Waals surface area (Å²) in [5.74, 6) is -0.00752. The molecule has 1 unspecified atom stereocenters. The van der Waals surface area contributed by atoms with Crippen molar-refractivity contribution < 1.29 is 9.53 Å². The number of amides is 1. The van der Waals surface area contributed by atoms with Crippen LogP contribution in [0.1, 0.15) is 39.2 Å². The van der Waals surface area contributed by atoms with Crippen molar-refractivity contribution in [1.82, 2.24) is 10.2 Å². The van der Waals surface area contributed by atoms with Crippen molar-refractivity contribution in [3.8, 4) is 5.75 Å². The molecule has 2 aliphatic rings. The van der Waals surface area contributed by atoms with Gasteiger partial charge in [0.1, 0.15) is 5.75 Å².